The smallest absolute Gasteiger partial charge is 0.0278 e. The van der Waals surface area contributed by atoms with E-state index in [1.807, 2.05) is 0 Å². The van der Waals surface area contributed by atoms with Crippen molar-refractivity contribution in [2.75, 3.05) is 13.6 Å². The Hall–Kier alpha value is -0.0400. The highest BCUT2D eigenvalue weighted by Crippen LogP contribution is 2.26. The molecule has 0 saturated carbocycles. The molecule has 0 radical (unpaired) electrons. The number of nitrogens with zero attached hydrogens (tertiary/aromatic N) is 1. The SMILES string of the molecule is CN1CC1(C)C. The van der Waals surface area contributed by atoms with Crippen LogP contribution in [0.5, 0.6) is 0 Å². The van der Waals surface area contributed by atoms with Crippen LogP contribution in [-0.4, -0.2) is 24.0 Å². The summed E-state index contributed by atoms with van der Waals surface area (Å²) in [6, 6.07) is 0. The second-order valence-electron chi connectivity index (χ2n) is 2.67. The van der Waals surface area contributed by atoms with E-state index in [1.165, 1.54) is 6.54 Å². The molecule has 6 heavy (non-hydrogen) atoms. The molecule has 1 fully saturated rings. The van der Waals surface area contributed by atoms with Crippen molar-refractivity contribution in [2.24, 2.45) is 0 Å². The molecular formula is C5H11N. The van der Waals surface area contributed by atoms with E-state index in [1.54, 1.807) is 0 Å². The number of hydrogen-bond donors (Lipinski definition) is 0. The fourth-order valence-corrected chi connectivity index (χ4v) is 0.545. The molecule has 0 aromatic rings. The minimum Gasteiger partial charge on any atom is -0.298 e. The summed E-state index contributed by atoms with van der Waals surface area (Å²) in [6.07, 6.45) is 0. The summed E-state index contributed by atoms with van der Waals surface area (Å²) in [6.45, 7) is 5.76. The van der Waals surface area contributed by atoms with Crippen molar-refractivity contribution in [1.29, 1.82) is 0 Å². The number of hydrogen-bond acceptors (Lipinski definition) is 1. The summed E-state index contributed by atoms with van der Waals surface area (Å²) in [5.74, 6) is 0. The third-order valence-corrected chi connectivity index (χ3v) is 1.55. The molecule has 1 aliphatic rings. The van der Waals surface area contributed by atoms with Gasteiger partial charge < -0.3 is 0 Å². The Balaban J connectivity index is 2.41. The first-order chi connectivity index (χ1) is 2.63. The van der Waals surface area contributed by atoms with Gasteiger partial charge in [0, 0.05) is 12.1 Å². The van der Waals surface area contributed by atoms with Crippen molar-refractivity contribution in [3.63, 3.8) is 0 Å². The largest absolute Gasteiger partial charge is 0.298 e. The van der Waals surface area contributed by atoms with Crippen LogP contribution in [0.1, 0.15) is 13.8 Å². The van der Waals surface area contributed by atoms with Crippen molar-refractivity contribution in [1.82, 2.24) is 4.90 Å². The number of rotatable bonds is 0. The highest BCUT2D eigenvalue weighted by molar-refractivity contribution is 4.96. The highest BCUT2D eigenvalue weighted by atomic mass is 15.3. The van der Waals surface area contributed by atoms with Gasteiger partial charge in [0.25, 0.3) is 0 Å². The van der Waals surface area contributed by atoms with Crippen LogP contribution < -0.4 is 0 Å². The van der Waals surface area contributed by atoms with Crippen molar-refractivity contribution in [3.8, 4) is 0 Å². The molecule has 0 spiro atoms. The molecule has 1 heteroatoms. The van der Waals surface area contributed by atoms with Crippen LogP contribution in [0.15, 0.2) is 0 Å². The zero-order valence-electron chi connectivity index (χ0n) is 4.65. The van der Waals surface area contributed by atoms with E-state index in [9.17, 15) is 0 Å². The van der Waals surface area contributed by atoms with Crippen LogP contribution in [0.2, 0.25) is 0 Å². The van der Waals surface area contributed by atoms with Crippen molar-refractivity contribution in [3.05, 3.63) is 0 Å². The predicted molar refractivity (Wildman–Crippen MR) is 26.7 cm³/mol. The summed E-state index contributed by atoms with van der Waals surface area (Å²) in [5.41, 5.74) is 0.542. The third-order valence-electron chi connectivity index (χ3n) is 1.55. The van der Waals surface area contributed by atoms with Crippen molar-refractivity contribution >= 4 is 0 Å². The van der Waals surface area contributed by atoms with Crippen LogP contribution >= 0.6 is 0 Å². The topological polar surface area (TPSA) is 3.01 Å². The van der Waals surface area contributed by atoms with Crippen LogP contribution in [0.25, 0.3) is 0 Å². The maximum Gasteiger partial charge on any atom is 0.0278 e. The van der Waals surface area contributed by atoms with Crippen LogP contribution in [-0.2, 0) is 0 Å². The summed E-state index contributed by atoms with van der Waals surface area (Å²) >= 11 is 0. The Morgan fingerprint density at radius 2 is 1.67 bits per heavy atom. The van der Waals surface area contributed by atoms with Crippen molar-refractivity contribution < 1.29 is 0 Å². The van der Waals surface area contributed by atoms with Gasteiger partial charge in [-0.05, 0) is 20.9 Å². The summed E-state index contributed by atoms with van der Waals surface area (Å²) in [4.78, 5) is 2.31. The molecule has 1 heterocycles. The Bertz CT molecular complexity index is 66.3. The summed E-state index contributed by atoms with van der Waals surface area (Å²) in [5, 5.41) is 0. The van der Waals surface area contributed by atoms with Gasteiger partial charge in [-0.15, -0.1) is 0 Å². The molecule has 0 amide bonds. The molecule has 36 valence electrons. The Labute approximate surface area is 39.0 Å². The van der Waals surface area contributed by atoms with E-state index in [-0.39, 0.29) is 0 Å². The lowest BCUT2D eigenvalue weighted by Gasteiger charge is -1.93. The average Bonchev–Trinajstić information content (AvgIpc) is 1.73. The molecule has 1 nitrogen and oxygen atoms in total. The first-order valence-electron chi connectivity index (χ1n) is 2.34. The highest BCUT2D eigenvalue weighted by Gasteiger charge is 2.38. The lowest BCUT2D eigenvalue weighted by atomic mass is 10.2. The van der Waals surface area contributed by atoms with E-state index >= 15 is 0 Å². The minimum absolute atomic E-state index is 0.542. The van der Waals surface area contributed by atoms with Crippen LogP contribution in [0, 0.1) is 0 Å². The molecule has 1 atom stereocenters. The monoisotopic (exact) mass is 85.1 g/mol. The molecule has 1 unspecified atom stereocenters. The maximum absolute atomic E-state index is 2.31. The molecule has 0 aromatic carbocycles. The van der Waals surface area contributed by atoms with Gasteiger partial charge in [0.1, 0.15) is 0 Å². The number of likely N-dealkylation sites (N-methyl/N-ethyl adjacent to an activating group) is 1. The molecule has 0 N–H and O–H groups in total. The van der Waals surface area contributed by atoms with E-state index in [0.29, 0.717) is 5.54 Å². The molecular weight excluding hydrogens is 74.1 g/mol. The minimum atomic E-state index is 0.542. The van der Waals surface area contributed by atoms with Crippen molar-refractivity contribution in [2.45, 2.75) is 19.4 Å². The van der Waals surface area contributed by atoms with E-state index < -0.39 is 0 Å². The molecule has 0 bridgehead atoms. The van der Waals surface area contributed by atoms with Gasteiger partial charge in [0.2, 0.25) is 0 Å². The molecule has 0 aliphatic carbocycles. The first-order valence-corrected chi connectivity index (χ1v) is 2.34. The summed E-state index contributed by atoms with van der Waals surface area (Å²) in [7, 11) is 2.14. The van der Waals surface area contributed by atoms with Gasteiger partial charge in [-0.2, -0.15) is 0 Å². The molecule has 0 aromatic heterocycles. The molecule has 1 saturated heterocycles. The zero-order chi connectivity index (χ0) is 4.78. The summed E-state index contributed by atoms with van der Waals surface area (Å²) < 4.78 is 0. The van der Waals surface area contributed by atoms with Crippen LogP contribution in [0.3, 0.4) is 0 Å². The maximum atomic E-state index is 2.31. The standard InChI is InChI=1S/C5H11N/c1-5(2)4-6(5)3/h4H2,1-3H3. The predicted octanol–water partition coefficient (Wildman–Crippen LogP) is 0.710. The fourth-order valence-electron chi connectivity index (χ4n) is 0.545. The zero-order valence-corrected chi connectivity index (χ0v) is 4.65. The van der Waals surface area contributed by atoms with Crippen LogP contribution in [0.4, 0.5) is 0 Å². The normalized spacial score (nSPS) is 39.5. The first kappa shape index (κ1) is 4.13. The third kappa shape index (κ3) is 0.432. The Kier molecular flexibility index (Phi) is 0.539. The Morgan fingerprint density at radius 1 is 1.50 bits per heavy atom. The second-order valence-corrected chi connectivity index (χ2v) is 2.67. The Morgan fingerprint density at radius 3 is 1.67 bits per heavy atom. The lowest BCUT2D eigenvalue weighted by Crippen LogP contribution is -2.02. The van der Waals surface area contributed by atoms with Gasteiger partial charge >= 0.3 is 0 Å². The van der Waals surface area contributed by atoms with Gasteiger partial charge in [-0.1, -0.05) is 0 Å². The fraction of sp³-hybridized carbons (Fsp3) is 1.00. The average molecular weight is 85.1 g/mol. The van der Waals surface area contributed by atoms with Gasteiger partial charge in [-0.25, -0.2) is 0 Å². The lowest BCUT2D eigenvalue weighted by molar-refractivity contribution is 0.530. The molecule has 1 rings (SSSR count). The van der Waals surface area contributed by atoms with E-state index in [2.05, 4.69) is 25.8 Å². The van der Waals surface area contributed by atoms with Gasteiger partial charge in [-0.3, -0.25) is 4.90 Å². The second kappa shape index (κ2) is 0.784. The van der Waals surface area contributed by atoms with Gasteiger partial charge in [0.05, 0.1) is 0 Å². The quantitative estimate of drug-likeness (QED) is 0.391. The van der Waals surface area contributed by atoms with E-state index in [0.717, 1.165) is 0 Å². The van der Waals surface area contributed by atoms with Gasteiger partial charge in [0.15, 0.2) is 0 Å². The van der Waals surface area contributed by atoms with E-state index in [4.69, 9.17) is 0 Å². The molecule has 1 aliphatic heterocycles.